The quantitative estimate of drug-likeness (QED) is 0.759. The highest BCUT2D eigenvalue weighted by molar-refractivity contribution is 7.89. The number of rotatable bonds is 6. The summed E-state index contributed by atoms with van der Waals surface area (Å²) in [5, 5.41) is 6.90. The molecule has 0 bridgehead atoms. The Balaban J connectivity index is 1.43. The first-order chi connectivity index (χ1) is 14.3. The fourth-order valence-corrected chi connectivity index (χ4v) is 6.53. The summed E-state index contributed by atoms with van der Waals surface area (Å²) >= 11 is 0. The van der Waals surface area contributed by atoms with Crippen LogP contribution in [0.4, 0.5) is 0 Å². The molecule has 1 aromatic heterocycles. The van der Waals surface area contributed by atoms with Gasteiger partial charge in [-0.1, -0.05) is 41.9 Å². The molecule has 1 amide bonds. The van der Waals surface area contributed by atoms with Crippen LogP contribution in [0.2, 0.25) is 0 Å². The number of amides is 1. The average molecular weight is 432 g/mol. The van der Waals surface area contributed by atoms with Gasteiger partial charge in [-0.25, -0.2) is 8.42 Å². The number of aryl methyl sites for hydroxylation is 2. The standard InChI is InChI=1S/C22H29N3O4S/c1-16-20(17(2)29-24-16)30(27,28)25-13-6-8-18(14-25)21(26)23-15-22(11-7-12-22)19-9-4-3-5-10-19/h3-5,9-10,18H,6-8,11-15H2,1-2H3,(H,23,26). The van der Waals surface area contributed by atoms with E-state index in [1.807, 2.05) is 18.2 Å². The number of aromatic nitrogens is 1. The van der Waals surface area contributed by atoms with Crippen LogP contribution in [0.3, 0.4) is 0 Å². The molecule has 1 aromatic carbocycles. The van der Waals surface area contributed by atoms with Crippen LogP contribution in [0.15, 0.2) is 39.8 Å². The molecule has 1 atom stereocenters. The second kappa shape index (κ2) is 8.15. The van der Waals surface area contributed by atoms with Gasteiger partial charge in [0.05, 0.1) is 5.92 Å². The monoisotopic (exact) mass is 431 g/mol. The molecule has 8 heteroatoms. The maximum atomic E-state index is 13.1. The van der Waals surface area contributed by atoms with Crippen LogP contribution in [0.25, 0.3) is 0 Å². The van der Waals surface area contributed by atoms with Crippen LogP contribution >= 0.6 is 0 Å². The first-order valence-electron chi connectivity index (χ1n) is 10.6. The molecule has 2 fully saturated rings. The van der Waals surface area contributed by atoms with Gasteiger partial charge in [-0.3, -0.25) is 4.79 Å². The molecule has 0 radical (unpaired) electrons. The summed E-state index contributed by atoms with van der Waals surface area (Å²) in [4.78, 5) is 13.1. The first-order valence-corrected chi connectivity index (χ1v) is 12.0. The molecule has 2 aliphatic rings. The SMILES string of the molecule is Cc1noc(C)c1S(=O)(=O)N1CCCC(C(=O)NCC2(c3ccccc3)CCC2)C1. The molecule has 1 saturated carbocycles. The van der Waals surface area contributed by atoms with Gasteiger partial charge in [0.1, 0.15) is 10.6 Å². The van der Waals surface area contributed by atoms with Crippen molar-refractivity contribution in [3.8, 4) is 0 Å². The average Bonchev–Trinajstić information content (AvgIpc) is 3.07. The van der Waals surface area contributed by atoms with Crippen LogP contribution in [-0.4, -0.2) is 43.4 Å². The normalized spacial score (nSPS) is 21.7. The van der Waals surface area contributed by atoms with E-state index in [9.17, 15) is 13.2 Å². The largest absolute Gasteiger partial charge is 0.360 e. The van der Waals surface area contributed by atoms with Crippen LogP contribution < -0.4 is 5.32 Å². The number of carbonyl (C=O) groups is 1. The third kappa shape index (κ3) is 3.78. The summed E-state index contributed by atoms with van der Waals surface area (Å²) in [6.45, 7) is 4.42. The van der Waals surface area contributed by atoms with Crippen molar-refractivity contribution in [2.45, 2.75) is 56.3 Å². The molecule has 30 heavy (non-hydrogen) atoms. The highest BCUT2D eigenvalue weighted by atomic mass is 32.2. The first kappa shape index (κ1) is 21.1. The Kier molecular flexibility index (Phi) is 5.72. The van der Waals surface area contributed by atoms with Crippen molar-refractivity contribution in [3.63, 3.8) is 0 Å². The molecule has 0 spiro atoms. The Labute approximate surface area is 177 Å². The fraction of sp³-hybridized carbons (Fsp3) is 0.545. The summed E-state index contributed by atoms with van der Waals surface area (Å²) in [6, 6.07) is 10.3. The van der Waals surface area contributed by atoms with Gasteiger partial charge in [-0.05, 0) is 45.1 Å². The minimum Gasteiger partial charge on any atom is -0.360 e. The van der Waals surface area contributed by atoms with Gasteiger partial charge in [0.25, 0.3) is 0 Å². The van der Waals surface area contributed by atoms with Gasteiger partial charge in [-0.15, -0.1) is 0 Å². The van der Waals surface area contributed by atoms with Crippen molar-refractivity contribution in [1.29, 1.82) is 0 Å². The molecule has 1 saturated heterocycles. The highest BCUT2D eigenvalue weighted by Gasteiger charge is 2.40. The third-order valence-electron chi connectivity index (χ3n) is 6.62. The van der Waals surface area contributed by atoms with Crippen molar-refractivity contribution in [2.75, 3.05) is 19.6 Å². The molecule has 7 nitrogen and oxygen atoms in total. The molecule has 1 aliphatic heterocycles. The zero-order chi connectivity index (χ0) is 21.4. The van der Waals surface area contributed by atoms with Crippen molar-refractivity contribution < 1.29 is 17.7 Å². The lowest BCUT2D eigenvalue weighted by molar-refractivity contribution is -0.126. The maximum absolute atomic E-state index is 13.1. The number of carbonyl (C=O) groups excluding carboxylic acids is 1. The minimum atomic E-state index is -3.73. The molecule has 162 valence electrons. The molecular weight excluding hydrogens is 402 g/mol. The van der Waals surface area contributed by atoms with E-state index in [-0.39, 0.29) is 34.4 Å². The van der Waals surface area contributed by atoms with E-state index >= 15 is 0 Å². The number of piperidine rings is 1. The lowest BCUT2D eigenvalue weighted by Crippen LogP contribution is -2.50. The lowest BCUT2D eigenvalue weighted by atomic mass is 9.64. The molecule has 2 heterocycles. The zero-order valence-corrected chi connectivity index (χ0v) is 18.4. The van der Waals surface area contributed by atoms with Gasteiger partial charge in [0, 0.05) is 25.0 Å². The summed E-state index contributed by atoms with van der Waals surface area (Å²) in [6.07, 6.45) is 4.64. The van der Waals surface area contributed by atoms with Crippen molar-refractivity contribution in [2.24, 2.45) is 5.92 Å². The van der Waals surface area contributed by atoms with Crippen molar-refractivity contribution in [3.05, 3.63) is 47.3 Å². The van der Waals surface area contributed by atoms with Gasteiger partial charge in [0.15, 0.2) is 5.76 Å². The molecule has 1 aliphatic carbocycles. The van der Waals surface area contributed by atoms with E-state index in [0.717, 1.165) is 19.3 Å². The van der Waals surface area contributed by atoms with Crippen molar-refractivity contribution >= 4 is 15.9 Å². The smallest absolute Gasteiger partial charge is 0.248 e. The topological polar surface area (TPSA) is 92.5 Å². The van der Waals surface area contributed by atoms with Gasteiger partial charge < -0.3 is 9.84 Å². The van der Waals surface area contributed by atoms with E-state index in [4.69, 9.17) is 4.52 Å². The van der Waals surface area contributed by atoms with Crippen LogP contribution in [-0.2, 0) is 20.2 Å². The Morgan fingerprint density at radius 1 is 1.23 bits per heavy atom. The van der Waals surface area contributed by atoms with Crippen LogP contribution in [0, 0.1) is 19.8 Å². The zero-order valence-electron chi connectivity index (χ0n) is 17.6. The maximum Gasteiger partial charge on any atom is 0.248 e. The second-order valence-electron chi connectivity index (χ2n) is 8.57. The Morgan fingerprint density at radius 3 is 2.57 bits per heavy atom. The molecule has 1 N–H and O–H groups in total. The van der Waals surface area contributed by atoms with Gasteiger partial charge in [-0.2, -0.15) is 4.31 Å². The molecule has 1 unspecified atom stereocenters. The Bertz CT molecular complexity index is 993. The number of hydrogen-bond donors (Lipinski definition) is 1. The summed E-state index contributed by atoms with van der Waals surface area (Å²) < 4.78 is 32.7. The second-order valence-corrected chi connectivity index (χ2v) is 10.4. The Hall–Kier alpha value is -2.19. The number of benzene rings is 1. The van der Waals surface area contributed by atoms with E-state index in [1.165, 1.54) is 9.87 Å². The number of nitrogens with one attached hydrogen (secondary N) is 1. The van der Waals surface area contributed by atoms with Gasteiger partial charge in [0.2, 0.25) is 15.9 Å². The van der Waals surface area contributed by atoms with Crippen LogP contribution in [0.1, 0.15) is 49.1 Å². The predicted octanol–water partition coefficient (Wildman–Crippen LogP) is 2.93. The predicted molar refractivity (Wildman–Crippen MR) is 112 cm³/mol. The van der Waals surface area contributed by atoms with Crippen LogP contribution in [0.5, 0.6) is 0 Å². The fourth-order valence-electron chi connectivity index (χ4n) is 4.71. The molecular formula is C22H29N3O4S. The van der Waals surface area contributed by atoms with E-state index in [1.54, 1.807) is 13.8 Å². The van der Waals surface area contributed by atoms with Crippen molar-refractivity contribution in [1.82, 2.24) is 14.8 Å². The molecule has 2 aromatic rings. The summed E-state index contributed by atoms with van der Waals surface area (Å²) in [5.74, 6) is -0.119. The van der Waals surface area contributed by atoms with E-state index < -0.39 is 10.0 Å². The minimum absolute atomic E-state index is 0.00797. The summed E-state index contributed by atoms with van der Waals surface area (Å²) in [7, 11) is -3.73. The number of hydrogen-bond acceptors (Lipinski definition) is 5. The number of sulfonamides is 1. The number of nitrogens with zero attached hydrogens (tertiary/aromatic N) is 2. The highest BCUT2D eigenvalue weighted by Crippen LogP contribution is 2.43. The van der Waals surface area contributed by atoms with Gasteiger partial charge >= 0.3 is 0 Å². The molecule has 4 rings (SSSR count). The summed E-state index contributed by atoms with van der Waals surface area (Å²) in [5.41, 5.74) is 1.63. The Morgan fingerprint density at radius 2 is 1.97 bits per heavy atom. The third-order valence-corrected chi connectivity index (χ3v) is 8.73. The van der Waals surface area contributed by atoms with E-state index in [2.05, 4.69) is 22.6 Å². The van der Waals surface area contributed by atoms with E-state index in [0.29, 0.717) is 31.6 Å². The lowest BCUT2D eigenvalue weighted by Gasteiger charge is -2.43.